The molecule has 0 aromatic carbocycles. The molecule has 0 bridgehead atoms. The first-order chi connectivity index (χ1) is 7.09. The summed E-state index contributed by atoms with van der Waals surface area (Å²) in [5.74, 6) is 1.86. The lowest BCUT2D eigenvalue weighted by atomic mass is 10.2. The van der Waals surface area contributed by atoms with E-state index in [4.69, 9.17) is 5.73 Å². The molecule has 0 spiro atoms. The third kappa shape index (κ3) is 2.25. The third-order valence-electron chi connectivity index (χ3n) is 2.88. The molecule has 15 heavy (non-hydrogen) atoms. The third-order valence-corrected chi connectivity index (χ3v) is 3.82. The molecule has 0 radical (unpaired) electrons. The van der Waals surface area contributed by atoms with Crippen LogP contribution in [0.3, 0.4) is 0 Å². The average Bonchev–Trinajstić information content (AvgIpc) is 2.98. The highest BCUT2D eigenvalue weighted by atomic mass is 79.9. The number of hydrogen-bond donors (Lipinski definition) is 1. The number of nitrogens with two attached hydrogens (primary N) is 1. The summed E-state index contributed by atoms with van der Waals surface area (Å²) >= 11 is 3.56. The molecular weight excluding hydrogens is 254 g/mol. The van der Waals surface area contributed by atoms with Gasteiger partial charge in [-0.25, -0.2) is 4.98 Å². The summed E-state index contributed by atoms with van der Waals surface area (Å²) in [5, 5.41) is 0. The van der Waals surface area contributed by atoms with E-state index >= 15 is 0 Å². The molecule has 1 saturated carbocycles. The molecule has 0 atom stereocenters. The van der Waals surface area contributed by atoms with Crippen LogP contribution in [0.25, 0.3) is 0 Å². The van der Waals surface area contributed by atoms with E-state index in [9.17, 15) is 0 Å². The summed E-state index contributed by atoms with van der Waals surface area (Å²) in [6.07, 6.45) is 4.45. The van der Waals surface area contributed by atoms with E-state index in [1.807, 2.05) is 6.92 Å². The van der Waals surface area contributed by atoms with E-state index in [2.05, 4.69) is 32.9 Å². The van der Waals surface area contributed by atoms with Gasteiger partial charge in [0.15, 0.2) is 0 Å². The number of pyridine rings is 1. The van der Waals surface area contributed by atoms with Crippen LogP contribution in [0.15, 0.2) is 10.7 Å². The lowest BCUT2D eigenvalue weighted by Gasteiger charge is -2.20. The minimum Gasteiger partial charge on any atom is -0.397 e. The van der Waals surface area contributed by atoms with E-state index in [0.29, 0.717) is 0 Å². The number of nitrogens with zero attached hydrogens (tertiary/aromatic N) is 2. The minimum absolute atomic E-state index is 0.741. The zero-order chi connectivity index (χ0) is 11.0. The van der Waals surface area contributed by atoms with Crippen LogP contribution in [0.2, 0.25) is 0 Å². The Hall–Kier alpha value is -0.770. The molecule has 1 aliphatic rings. The van der Waals surface area contributed by atoms with Crippen molar-refractivity contribution in [3.63, 3.8) is 0 Å². The molecule has 2 N–H and O–H groups in total. The Kier molecular flexibility index (Phi) is 2.87. The Labute approximate surface area is 98.8 Å². The maximum absolute atomic E-state index is 5.79. The fourth-order valence-corrected chi connectivity index (χ4v) is 2.25. The molecule has 1 aromatic rings. The largest absolute Gasteiger partial charge is 0.397 e. The van der Waals surface area contributed by atoms with E-state index in [0.717, 1.165) is 34.0 Å². The molecule has 4 heteroatoms. The molecule has 1 fully saturated rings. The topological polar surface area (TPSA) is 42.1 Å². The van der Waals surface area contributed by atoms with Crippen LogP contribution in [0.5, 0.6) is 0 Å². The second-order valence-corrected chi connectivity index (χ2v) is 5.09. The monoisotopic (exact) mass is 269 g/mol. The highest BCUT2D eigenvalue weighted by molar-refractivity contribution is 9.10. The Morgan fingerprint density at radius 2 is 2.27 bits per heavy atom. The molecule has 2 rings (SSSR count). The highest BCUT2D eigenvalue weighted by Gasteiger charge is 2.24. The second-order valence-electron chi connectivity index (χ2n) is 4.30. The van der Waals surface area contributed by atoms with Crippen LogP contribution >= 0.6 is 15.9 Å². The molecule has 0 amide bonds. The Balaban J connectivity index is 2.22. The van der Waals surface area contributed by atoms with Gasteiger partial charge in [-0.15, -0.1) is 0 Å². The molecule has 82 valence electrons. The summed E-state index contributed by atoms with van der Waals surface area (Å²) in [4.78, 5) is 6.58. The molecule has 0 saturated heterocycles. The van der Waals surface area contributed by atoms with Gasteiger partial charge in [-0.1, -0.05) is 0 Å². The number of anilines is 2. The van der Waals surface area contributed by atoms with Crippen molar-refractivity contribution < 1.29 is 0 Å². The summed E-state index contributed by atoms with van der Waals surface area (Å²) in [6.45, 7) is 3.10. The van der Waals surface area contributed by atoms with Crippen LogP contribution in [0.1, 0.15) is 18.4 Å². The highest BCUT2D eigenvalue weighted by Crippen LogP contribution is 2.34. The predicted octanol–water partition coefficient (Wildman–Crippen LogP) is 2.58. The van der Waals surface area contributed by atoms with E-state index < -0.39 is 0 Å². The van der Waals surface area contributed by atoms with Gasteiger partial charge in [0.05, 0.1) is 16.4 Å². The Morgan fingerprint density at radius 1 is 1.60 bits per heavy atom. The lowest BCUT2D eigenvalue weighted by Crippen LogP contribution is -2.21. The number of hydrogen-bond acceptors (Lipinski definition) is 3. The number of halogens is 1. The van der Waals surface area contributed by atoms with Gasteiger partial charge in [0.1, 0.15) is 5.82 Å². The first-order valence-corrected chi connectivity index (χ1v) is 6.00. The van der Waals surface area contributed by atoms with Crippen molar-refractivity contribution in [1.29, 1.82) is 0 Å². The summed E-state index contributed by atoms with van der Waals surface area (Å²) in [7, 11) is 2.08. The molecule has 1 aliphatic carbocycles. The number of rotatable bonds is 3. The van der Waals surface area contributed by atoms with Gasteiger partial charge in [-0.2, -0.15) is 0 Å². The SMILES string of the molecule is Cc1c(N)cnc(N(C)CC2CC2)c1Br. The van der Waals surface area contributed by atoms with Gasteiger partial charge in [-0.05, 0) is 47.2 Å². The van der Waals surface area contributed by atoms with Crippen LogP contribution < -0.4 is 10.6 Å². The zero-order valence-corrected chi connectivity index (χ0v) is 10.7. The normalized spacial score (nSPS) is 15.4. The van der Waals surface area contributed by atoms with Gasteiger partial charge in [0, 0.05) is 13.6 Å². The van der Waals surface area contributed by atoms with Crippen molar-refractivity contribution in [1.82, 2.24) is 4.98 Å². The Bertz CT molecular complexity index is 374. The summed E-state index contributed by atoms with van der Waals surface area (Å²) < 4.78 is 1.02. The molecule has 0 aliphatic heterocycles. The van der Waals surface area contributed by atoms with Gasteiger partial charge >= 0.3 is 0 Å². The molecule has 3 nitrogen and oxygen atoms in total. The van der Waals surface area contributed by atoms with Crippen molar-refractivity contribution in [2.45, 2.75) is 19.8 Å². The fourth-order valence-electron chi connectivity index (χ4n) is 1.62. The van der Waals surface area contributed by atoms with Gasteiger partial charge in [0.25, 0.3) is 0 Å². The first kappa shape index (κ1) is 10.7. The molecule has 0 unspecified atom stereocenters. The molecule has 1 heterocycles. The second kappa shape index (κ2) is 4.00. The average molecular weight is 270 g/mol. The Morgan fingerprint density at radius 3 is 2.87 bits per heavy atom. The fraction of sp³-hybridized carbons (Fsp3) is 0.545. The van der Waals surface area contributed by atoms with Crippen molar-refractivity contribution in [3.05, 3.63) is 16.2 Å². The molecular formula is C11H16BrN3. The maximum Gasteiger partial charge on any atom is 0.143 e. The van der Waals surface area contributed by atoms with E-state index in [1.54, 1.807) is 6.20 Å². The van der Waals surface area contributed by atoms with Gasteiger partial charge in [0.2, 0.25) is 0 Å². The van der Waals surface area contributed by atoms with Crippen molar-refractivity contribution in [2.75, 3.05) is 24.2 Å². The van der Waals surface area contributed by atoms with Crippen molar-refractivity contribution in [3.8, 4) is 0 Å². The van der Waals surface area contributed by atoms with Crippen LogP contribution in [-0.4, -0.2) is 18.6 Å². The summed E-state index contributed by atoms with van der Waals surface area (Å²) in [6, 6.07) is 0. The maximum atomic E-state index is 5.79. The van der Waals surface area contributed by atoms with E-state index in [-0.39, 0.29) is 0 Å². The summed E-state index contributed by atoms with van der Waals surface area (Å²) in [5.41, 5.74) is 7.61. The van der Waals surface area contributed by atoms with Crippen LogP contribution in [0, 0.1) is 12.8 Å². The molecule has 1 aromatic heterocycles. The minimum atomic E-state index is 0.741. The quantitative estimate of drug-likeness (QED) is 0.917. The first-order valence-electron chi connectivity index (χ1n) is 5.21. The van der Waals surface area contributed by atoms with Crippen LogP contribution in [0.4, 0.5) is 11.5 Å². The van der Waals surface area contributed by atoms with Gasteiger partial charge in [-0.3, -0.25) is 0 Å². The van der Waals surface area contributed by atoms with Crippen molar-refractivity contribution >= 4 is 27.4 Å². The number of nitrogen functional groups attached to an aromatic ring is 1. The zero-order valence-electron chi connectivity index (χ0n) is 9.13. The van der Waals surface area contributed by atoms with Gasteiger partial charge < -0.3 is 10.6 Å². The van der Waals surface area contributed by atoms with E-state index in [1.165, 1.54) is 12.8 Å². The van der Waals surface area contributed by atoms with Crippen LogP contribution in [-0.2, 0) is 0 Å². The predicted molar refractivity (Wildman–Crippen MR) is 67.1 cm³/mol. The number of aromatic nitrogens is 1. The smallest absolute Gasteiger partial charge is 0.143 e. The van der Waals surface area contributed by atoms with Crippen molar-refractivity contribution in [2.24, 2.45) is 5.92 Å². The standard InChI is InChI=1S/C11H16BrN3/c1-7-9(13)5-14-11(10(7)12)15(2)6-8-3-4-8/h5,8H,3-4,6,13H2,1-2H3. The lowest BCUT2D eigenvalue weighted by molar-refractivity contribution is 0.775.